The summed E-state index contributed by atoms with van der Waals surface area (Å²) in [6, 6.07) is 0. The Balaban J connectivity index is 2.51. The van der Waals surface area contributed by atoms with Gasteiger partial charge in [-0.25, -0.2) is 0 Å². The quantitative estimate of drug-likeness (QED) is 0.692. The van der Waals surface area contributed by atoms with E-state index in [0.717, 1.165) is 12.8 Å². The van der Waals surface area contributed by atoms with Gasteiger partial charge in [0.05, 0.1) is 18.3 Å². The summed E-state index contributed by atoms with van der Waals surface area (Å²) in [6.45, 7) is 3.30. The van der Waals surface area contributed by atoms with E-state index in [4.69, 9.17) is 9.47 Å². The van der Waals surface area contributed by atoms with Crippen LogP contribution in [0.3, 0.4) is 0 Å². The molecule has 1 fully saturated rings. The predicted molar refractivity (Wildman–Crippen MR) is 46.1 cm³/mol. The number of methoxy groups -OCH3 is 1. The highest BCUT2D eigenvalue weighted by Crippen LogP contribution is 2.28. The lowest BCUT2D eigenvalue weighted by Gasteiger charge is -2.38. The van der Waals surface area contributed by atoms with Crippen LogP contribution in [0.25, 0.3) is 0 Å². The summed E-state index contributed by atoms with van der Waals surface area (Å²) in [4.78, 5) is 0. The van der Waals surface area contributed by atoms with Gasteiger partial charge in [-0.3, -0.25) is 0 Å². The summed E-state index contributed by atoms with van der Waals surface area (Å²) in [5.74, 6) is 0. The van der Waals surface area contributed by atoms with E-state index in [2.05, 4.69) is 6.92 Å². The van der Waals surface area contributed by atoms with Crippen molar-refractivity contribution in [3.63, 3.8) is 0 Å². The maximum absolute atomic E-state index is 9.47. The number of ether oxygens (including phenoxy) is 2. The zero-order chi connectivity index (χ0) is 9.03. The molecule has 2 atom stereocenters. The van der Waals surface area contributed by atoms with E-state index < -0.39 is 0 Å². The van der Waals surface area contributed by atoms with Crippen molar-refractivity contribution in [2.24, 2.45) is 0 Å². The fourth-order valence-corrected chi connectivity index (χ4v) is 1.71. The number of aliphatic hydroxyl groups is 1. The van der Waals surface area contributed by atoms with Crippen molar-refractivity contribution in [2.75, 3.05) is 20.3 Å². The van der Waals surface area contributed by atoms with Crippen LogP contribution in [0.5, 0.6) is 0 Å². The van der Waals surface area contributed by atoms with E-state index in [1.54, 1.807) is 7.11 Å². The van der Waals surface area contributed by atoms with E-state index in [1.807, 2.05) is 0 Å². The number of aliphatic hydroxyl groups excluding tert-OH is 1. The molecule has 12 heavy (non-hydrogen) atoms. The Morgan fingerprint density at radius 3 is 2.92 bits per heavy atom. The van der Waals surface area contributed by atoms with Crippen molar-refractivity contribution < 1.29 is 14.6 Å². The van der Waals surface area contributed by atoms with Gasteiger partial charge >= 0.3 is 0 Å². The molecule has 1 N–H and O–H groups in total. The van der Waals surface area contributed by atoms with Gasteiger partial charge in [-0.15, -0.1) is 0 Å². The van der Waals surface area contributed by atoms with Crippen LogP contribution in [0.2, 0.25) is 0 Å². The minimum atomic E-state index is -0.230. The Labute approximate surface area is 73.7 Å². The lowest BCUT2D eigenvalue weighted by atomic mass is 9.90. The van der Waals surface area contributed by atoms with Gasteiger partial charge in [0.1, 0.15) is 0 Å². The maximum atomic E-state index is 9.47. The molecule has 0 aromatic rings. The topological polar surface area (TPSA) is 38.7 Å². The second-order valence-electron chi connectivity index (χ2n) is 3.46. The molecule has 3 heteroatoms. The molecule has 1 aliphatic rings. The zero-order valence-corrected chi connectivity index (χ0v) is 7.88. The standard InChI is InChI=1S/C9H18O3/c1-3-9(7-11-2)6-8(10)4-5-12-9/h8,10H,3-7H2,1-2H3. The van der Waals surface area contributed by atoms with Gasteiger partial charge in [0.15, 0.2) is 0 Å². The molecule has 0 radical (unpaired) electrons. The van der Waals surface area contributed by atoms with E-state index in [9.17, 15) is 5.11 Å². The third kappa shape index (κ3) is 2.19. The average Bonchev–Trinajstić information content (AvgIpc) is 2.05. The first-order valence-electron chi connectivity index (χ1n) is 4.53. The van der Waals surface area contributed by atoms with Crippen LogP contribution in [0.4, 0.5) is 0 Å². The normalized spacial score (nSPS) is 36.8. The lowest BCUT2D eigenvalue weighted by Crippen LogP contribution is -2.44. The number of hydrogen-bond donors (Lipinski definition) is 1. The Hall–Kier alpha value is -0.120. The molecule has 0 aromatic heterocycles. The molecule has 0 bridgehead atoms. The Morgan fingerprint density at radius 1 is 1.67 bits per heavy atom. The maximum Gasteiger partial charge on any atom is 0.0936 e. The van der Waals surface area contributed by atoms with E-state index in [-0.39, 0.29) is 11.7 Å². The van der Waals surface area contributed by atoms with Gasteiger partial charge in [-0.05, 0) is 12.8 Å². The second kappa shape index (κ2) is 4.21. The van der Waals surface area contributed by atoms with Crippen molar-refractivity contribution in [1.29, 1.82) is 0 Å². The average molecular weight is 174 g/mol. The highest BCUT2D eigenvalue weighted by molar-refractivity contribution is 4.85. The molecule has 0 saturated carbocycles. The van der Waals surface area contributed by atoms with Crippen LogP contribution >= 0.6 is 0 Å². The fourth-order valence-electron chi connectivity index (χ4n) is 1.71. The van der Waals surface area contributed by atoms with Crippen LogP contribution < -0.4 is 0 Å². The van der Waals surface area contributed by atoms with Crippen molar-refractivity contribution in [3.05, 3.63) is 0 Å². The zero-order valence-electron chi connectivity index (χ0n) is 7.88. The number of hydrogen-bond acceptors (Lipinski definition) is 3. The molecule has 0 aliphatic carbocycles. The summed E-state index contributed by atoms with van der Waals surface area (Å²) >= 11 is 0. The van der Waals surface area contributed by atoms with E-state index in [0.29, 0.717) is 19.6 Å². The molecule has 0 amide bonds. The Bertz CT molecular complexity index is 134. The second-order valence-corrected chi connectivity index (χ2v) is 3.46. The van der Waals surface area contributed by atoms with Crippen LogP contribution in [-0.2, 0) is 9.47 Å². The molecular formula is C9H18O3. The van der Waals surface area contributed by atoms with Gasteiger partial charge in [0.25, 0.3) is 0 Å². The first-order chi connectivity index (χ1) is 5.72. The number of rotatable bonds is 3. The van der Waals surface area contributed by atoms with E-state index >= 15 is 0 Å². The molecule has 0 aromatic carbocycles. The third-order valence-electron chi connectivity index (χ3n) is 2.52. The summed E-state index contributed by atoms with van der Waals surface area (Å²) in [5, 5.41) is 9.47. The molecular weight excluding hydrogens is 156 g/mol. The summed E-state index contributed by atoms with van der Waals surface area (Å²) in [7, 11) is 1.67. The minimum absolute atomic E-state index is 0.214. The van der Waals surface area contributed by atoms with Crippen molar-refractivity contribution in [2.45, 2.75) is 37.9 Å². The largest absolute Gasteiger partial charge is 0.393 e. The third-order valence-corrected chi connectivity index (χ3v) is 2.52. The summed E-state index contributed by atoms with van der Waals surface area (Å²) in [5.41, 5.74) is -0.230. The molecule has 1 saturated heterocycles. The predicted octanol–water partition coefficient (Wildman–Crippen LogP) is 0.953. The van der Waals surface area contributed by atoms with Gasteiger partial charge < -0.3 is 14.6 Å². The van der Waals surface area contributed by atoms with Crippen LogP contribution in [0.1, 0.15) is 26.2 Å². The lowest BCUT2D eigenvalue weighted by molar-refractivity contribution is -0.147. The first kappa shape index (κ1) is 9.96. The Kier molecular flexibility index (Phi) is 3.50. The molecule has 72 valence electrons. The van der Waals surface area contributed by atoms with Gasteiger partial charge in [-0.1, -0.05) is 6.92 Å². The van der Waals surface area contributed by atoms with Crippen LogP contribution in [-0.4, -0.2) is 37.1 Å². The van der Waals surface area contributed by atoms with Crippen LogP contribution in [0.15, 0.2) is 0 Å². The summed E-state index contributed by atoms with van der Waals surface area (Å²) < 4.78 is 10.7. The fraction of sp³-hybridized carbons (Fsp3) is 1.00. The summed E-state index contributed by atoms with van der Waals surface area (Å²) in [6.07, 6.45) is 2.15. The minimum Gasteiger partial charge on any atom is -0.393 e. The highest BCUT2D eigenvalue weighted by Gasteiger charge is 2.35. The van der Waals surface area contributed by atoms with Crippen molar-refractivity contribution in [1.82, 2.24) is 0 Å². The smallest absolute Gasteiger partial charge is 0.0936 e. The SMILES string of the molecule is CCC1(COC)CC(O)CCO1. The monoisotopic (exact) mass is 174 g/mol. The highest BCUT2D eigenvalue weighted by atomic mass is 16.5. The van der Waals surface area contributed by atoms with Gasteiger partial charge in [0.2, 0.25) is 0 Å². The molecule has 1 heterocycles. The van der Waals surface area contributed by atoms with Crippen molar-refractivity contribution in [3.8, 4) is 0 Å². The first-order valence-corrected chi connectivity index (χ1v) is 4.53. The van der Waals surface area contributed by atoms with Crippen molar-refractivity contribution >= 4 is 0 Å². The van der Waals surface area contributed by atoms with Gasteiger partial charge in [-0.2, -0.15) is 0 Å². The van der Waals surface area contributed by atoms with Crippen LogP contribution in [0, 0.1) is 0 Å². The molecule has 0 spiro atoms. The molecule has 1 rings (SSSR count). The Morgan fingerprint density at radius 2 is 2.42 bits per heavy atom. The molecule has 1 aliphatic heterocycles. The van der Waals surface area contributed by atoms with E-state index in [1.165, 1.54) is 0 Å². The molecule has 2 unspecified atom stereocenters. The molecule has 3 nitrogen and oxygen atoms in total. The van der Waals surface area contributed by atoms with Gasteiger partial charge in [0, 0.05) is 20.1 Å².